The van der Waals surface area contributed by atoms with Gasteiger partial charge in [-0.1, -0.05) is 34.1 Å². The molecule has 0 aliphatic carbocycles. The van der Waals surface area contributed by atoms with Gasteiger partial charge in [0.1, 0.15) is 0 Å². The van der Waals surface area contributed by atoms with E-state index in [0.717, 1.165) is 6.07 Å². The summed E-state index contributed by atoms with van der Waals surface area (Å²) in [5, 5.41) is 21.6. The van der Waals surface area contributed by atoms with Crippen molar-refractivity contribution in [3.63, 3.8) is 0 Å². The summed E-state index contributed by atoms with van der Waals surface area (Å²) in [4.78, 5) is 20.3. The topological polar surface area (TPSA) is 86.3 Å². The summed E-state index contributed by atoms with van der Waals surface area (Å²) in [6.07, 6.45) is 0. The second kappa shape index (κ2) is 5.15. The van der Waals surface area contributed by atoms with Crippen molar-refractivity contribution < 1.29 is 9.85 Å². The van der Waals surface area contributed by atoms with Gasteiger partial charge in [0.15, 0.2) is 0 Å². The van der Waals surface area contributed by atoms with Crippen molar-refractivity contribution in [3.05, 3.63) is 67.2 Å². The molecule has 0 bridgehead atoms. The Balaban J connectivity index is 2.67. The Bertz CT molecular complexity index is 640. The quantitative estimate of drug-likeness (QED) is 0.632. The summed E-state index contributed by atoms with van der Waals surface area (Å²) < 4.78 is 0.713. The third-order valence-electron chi connectivity index (χ3n) is 2.51. The second-order valence-corrected chi connectivity index (χ2v) is 4.59. The number of non-ortho nitro benzene ring substituents is 2. The van der Waals surface area contributed by atoms with E-state index in [1.54, 1.807) is 24.3 Å². The smallest absolute Gasteiger partial charge is 0.258 e. The monoisotopic (exact) mass is 322 g/mol. The van der Waals surface area contributed by atoms with Gasteiger partial charge in [-0.25, -0.2) is 0 Å². The molecule has 0 saturated carbocycles. The van der Waals surface area contributed by atoms with Crippen LogP contribution in [0.15, 0.2) is 46.9 Å². The second-order valence-electron chi connectivity index (χ2n) is 3.73. The minimum atomic E-state index is -0.645. The molecule has 0 atom stereocenters. The molecule has 6 nitrogen and oxygen atoms in total. The maximum atomic E-state index is 10.8. The Hall–Kier alpha value is -2.28. The number of rotatable bonds is 3. The summed E-state index contributed by atoms with van der Waals surface area (Å²) in [6, 6.07) is 10.6. The molecule has 0 aromatic heterocycles. The van der Waals surface area contributed by atoms with Gasteiger partial charge in [-0.15, -0.1) is 0 Å². The minimum Gasteiger partial charge on any atom is -0.258 e. The molecule has 0 amide bonds. The Labute approximate surface area is 116 Å². The fourth-order valence-electron chi connectivity index (χ4n) is 1.66. The van der Waals surface area contributed by atoms with Crippen LogP contribution in [0, 0.1) is 20.2 Å². The normalized spacial score (nSPS) is 10.2. The first-order valence-corrected chi connectivity index (χ1v) is 5.97. The molecule has 2 aromatic rings. The summed E-state index contributed by atoms with van der Waals surface area (Å²) in [5.41, 5.74) is 0.475. The average molecular weight is 323 g/mol. The predicted octanol–water partition coefficient (Wildman–Crippen LogP) is 3.93. The first kappa shape index (κ1) is 13.2. The van der Waals surface area contributed by atoms with Crippen LogP contribution in [0.3, 0.4) is 0 Å². The van der Waals surface area contributed by atoms with E-state index in [1.165, 1.54) is 12.1 Å². The highest BCUT2D eigenvalue weighted by Gasteiger charge is 2.17. The molecule has 0 aliphatic heterocycles. The van der Waals surface area contributed by atoms with Crippen LogP contribution >= 0.6 is 15.9 Å². The van der Waals surface area contributed by atoms with E-state index in [2.05, 4.69) is 15.9 Å². The van der Waals surface area contributed by atoms with Crippen molar-refractivity contribution in [3.8, 4) is 11.1 Å². The number of nitro benzene ring substituents is 2. The van der Waals surface area contributed by atoms with E-state index in [1.807, 2.05) is 0 Å². The zero-order chi connectivity index (χ0) is 14.0. The largest absolute Gasteiger partial charge is 0.276 e. The van der Waals surface area contributed by atoms with E-state index >= 15 is 0 Å². The van der Waals surface area contributed by atoms with Crippen molar-refractivity contribution in [1.29, 1.82) is 0 Å². The molecule has 0 heterocycles. The summed E-state index contributed by atoms with van der Waals surface area (Å²) in [6.45, 7) is 0. The standard InChI is InChI=1S/C12H7BrN2O4/c13-12-4-2-1-3-11(12)8-5-9(14(16)17)7-10(6-8)15(18)19/h1-7H. The zero-order valence-electron chi connectivity index (χ0n) is 9.45. The van der Waals surface area contributed by atoms with E-state index in [4.69, 9.17) is 0 Å². The Kier molecular flexibility index (Phi) is 3.57. The molecular formula is C12H7BrN2O4. The molecular weight excluding hydrogens is 316 g/mol. The summed E-state index contributed by atoms with van der Waals surface area (Å²) in [7, 11) is 0. The lowest BCUT2D eigenvalue weighted by molar-refractivity contribution is -0.394. The molecule has 7 heteroatoms. The molecule has 0 fully saturated rings. The Morgan fingerprint density at radius 2 is 1.42 bits per heavy atom. The molecule has 0 saturated heterocycles. The maximum Gasteiger partial charge on any atom is 0.276 e. The van der Waals surface area contributed by atoms with Crippen molar-refractivity contribution in [2.24, 2.45) is 0 Å². The number of halogens is 1. The molecule has 19 heavy (non-hydrogen) atoms. The first-order chi connectivity index (χ1) is 8.99. The van der Waals surface area contributed by atoms with Crippen molar-refractivity contribution in [2.75, 3.05) is 0 Å². The number of nitro groups is 2. The predicted molar refractivity (Wildman–Crippen MR) is 72.9 cm³/mol. The Morgan fingerprint density at radius 1 is 0.895 bits per heavy atom. The maximum absolute atomic E-state index is 10.8. The van der Waals surface area contributed by atoms with Crippen molar-refractivity contribution in [2.45, 2.75) is 0 Å². The fourth-order valence-corrected chi connectivity index (χ4v) is 2.17. The van der Waals surface area contributed by atoms with Gasteiger partial charge in [0.05, 0.1) is 15.9 Å². The minimum absolute atomic E-state index is 0.306. The van der Waals surface area contributed by atoms with E-state index in [-0.39, 0.29) is 11.4 Å². The molecule has 0 N–H and O–H groups in total. The van der Waals surface area contributed by atoms with Crippen LogP contribution in [-0.4, -0.2) is 9.85 Å². The lowest BCUT2D eigenvalue weighted by Gasteiger charge is -2.04. The zero-order valence-corrected chi connectivity index (χ0v) is 11.0. The van der Waals surface area contributed by atoms with Crippen molar-refractivity contribution in [1.82, 2.24) is 0 Å². The van der Waals surface area contributed by atoms with Gasteiger partial charge >= 0.3 is 0 Å². The highest BCUT2D eigenvalue weighted by molar-refractivity contribution is 9.10. The molecule has 0 radical (unpaired) electrons. The number of nitrogens with zero attached hydrogens (tertiary/aromatic N) is 2. The third-order valence-corrected chi connectivity index (χ3v) is 3.20. The average Bonchev–Trinajstić information content (AvgIpc) is 2.38. The molecule has 2 aromatic carbocycles. The van der Waals surface area contributed by atoms with Crippen molar-refractivity contribution >= 4 is 27.3 Å². The van der Waals surface area contributed by atoms with Crippen LogP contribution in [0.1, 0.15) is 0 Å². The highest BCUT2D eigenvalue weighted by Crippen LogP contribution is 2.33. The number of hydrogen-bond acceptors (Lipinski definition) is 4. The van der Waals surface area contributed by atoms with Gasteiger partial charge in [-0.3, -0.25) is 20.2 Å². The highest BCUT2D eigenvalue weighted by atomic mass is 79.9. The van der Waals surface area contributed by atoms with Gasteiger partial charge in [0, 0.05) is 16.6 Å². The summed E-state index contributed by atoms with van der Waals surface area (Å²) in [5.74, 6) is 0. The van der Waals surface area contributed by atoms with Crippen LogP contribution < -0.4 is 0 Å². The SMILES string of the molecule is O=[N+]([O-])c1cc(-c2ccccc2Br)cc([N+](=O)[O-])c1. The van der Waals surface area contributed by atoms with E-state index < -0.39 is 9.85 Å². The number of benzene rings is 2. The van der Waals surface area contributed by atoms with Crippen LogP contribution in [-0.2, 0) is 0 Å². The first-order valence-electron chi connectivity index (χ1n) is 5.18. The lowest BCUT2D eigenvalue weighted by atomic mass is 10.0. The van der Waals surface area contributed by atoms with Gasteiger partial charge < -0.3 is 0 Å². The van der Waals surface area contributed by atoms with Gasteiger partial charge in [-0.05, 0) is 17.2 Å². The van der Waals surface area contributed by atoms with Gasteiger partial charge in [0.2, 0.25) is 0 Å². The third kappa shape index (κ3) is 2.76. The molecule has 96 valence electrons. The molecule has 0 spiro atoms. The molecule has 0 aliphatic rings. The molecule has 2 rings (SSSR count). The summed E-state index contributed by atoms with van der Waals surface area (Å²) >= 11 is 3.32. The van der Waals surface area contributed by atoms with Gasteiger partial charge in [-0.2, -0.15) is 0 Å². The fraction of sp³-hybridized carbons (Fsp3) is 0. The van der Waals surface area contributed by atoms with Crippen LogP contribution in [0.4, 0.5) is 11.4 Å². The van der Waals surface area contributed by atoms with Crippen LogP contribution in [0.2, 0.25) is 0 Å². The van der Waals surface area contributed by atoms with E-state index in [0.29, 0.717) is 15.6 Å². The van der Waals surface area contributed by atoms with E-state index in [9.17, 15) is 20.2 Å². The van der Waals surface area contributed by atoms with Crippen LogP contribution in [0.25, 0.3) is 11.1 Å². The lowest BCUT2D eigenvalue weighted by Crippen LogP contribution is -1.94. The molecule has 0 unspecified atom stereocenters. The van der Waals surface area contributed by atoms with Gasteiger partial charge in [0.25, 0.3) is 11.4 Å². The Morgan fingerprint density at radius 3 is 1.89 bits per heavy atom. The number of hydrogen-bond donors (Lipinski definition) is 0. The van der Waals surface area contributed by atoms with Crippen LogP contribution in [0.5, 0.6) is 0 Å².